The maximum absolute atomic E-state index is 12.5. The lowest BCUT2D eigenvalue weighted by atomic mass is 9.94. The van der Waals surface area contributed by atoms with Crippen molar-refractivity contribution in [3.05, 3.63) is 70.5 Å². The van der Waals surface area contributed by atoms with E-state index in [2.05, 4.69) is 10.4 Å². The summed E-state index contributed by atoms with van der Waals surface area (Å²) >= 11 is 0. The van der Waals surface area contributed by atoms with Gasteiger partial charge < -0.3 is 14.8 Å². The van der Waals surface area contributed by atoms with Gasteiger partial charge >= 0.3 is 0 Å². The predicted octanol–water partition coefficient (Wildman–Crippen LogP) is 3.36. The molecule has 1 aromatic heterocycles. The highest BCUT2D eigenvalue weighted by atomic mass is 16.7. The number of amides is 1. The van der Waals surface area contributed by atoms with Crippen molar-refractivity contribution in [2.75, 3.05) is 6.79 Å². The highest BCUT2D eigenvalue weighted by Gasteiger charge is 2.25. The van der Waals surface area contributed by atoms with E-state index < -0.39 is 0 Å². The van der Waals surface area contributed by atoms with E-state index in [-0.39, 0.29) is 18.5 Å². The van der Waals surface area contributed by atoms with E-state index in [4.69, 9.17) is 9.47 Å². The molecule has 0 atom stereocenters. The van der Waals surface area contributed by atoms with Crippen LogP contribution in [0.15, 0.2) is 42.5 Å². The molecular weight excluding hydrogens is 382 g/mol. The molecule has 0 saturated heterocycles. The third-order valence-corrected chi connectivity index (χ3v) is 5.52. The van der Waals surface area contributed by atoms with E-state index in [1.54, 1.807) is 12.1 Å². The zero-order chi connectivity index (χ0) is 20.7. The Morgan fingerprint density at radius 1 is 1.10 bits per heavy atom. The Hall–Kier alpha value is -3.61. The van der Waals surface area contributed by atoms with Crippen LogP contribution in [0.2, 0.25) is 0 Å². The van der Waals surface area contributed by atoms with Crippen molar-refractivity contribution in [3.8, 4) is 17.2 Å². The zero-order valence-corrected chi connectivity index (χ0v) is 16.6. The molecule has 2 aromatic carbocycles. The summed E-state index contributed by atoms with van der Waals surface area (Å²) in [6, 6.07) is 12.9. The number of carbonyl (C=O) groups excluding carboxylic acids is 2. The Morgan fingerprint density at radius 2 is 1.90 bits per heavy atom. The molecule has 152 valence electrons. The Bertz CT molecular complexity index is 1150. The molecule has 2 aliphatic rings. The van der Waals surface area contributed by atoms with Crippen molar-refractivity contribution in [3.63, 3.8) is 0 Å². The van der Waals surface area contributed by atoms with Crippen LogP contribution in [0, 0.1) is 6.92 Å². The molecule has 7 heteroatoms. The van der Waals surface area contributed by atoms with Gasteiger partial charge in [0.15, 0.2) is 17.3 Å². The lowest BCUT2D eigenvalue weighted by molar-refractivity contribution is 0.0948. The molecule has 0 fully saturated rings. The van der Waals surface area contributed by atoms with Crippen LogP contribution in [-0.2, 0) is 13.0 Å². The maximum atomic E-state index is 12.5. The third kappa shape index (κ3) is 3.22. The standard InChI is InChI=1S/C23H21N3O4/c1-14-22-18(3-2-4-19(22)27)26(25-14)17-8-6-16(7-9-17)23(28)24-12-15-5-10-20-21(11-15)30-13-29-20/h5-11H,2-4,12-13H2,1H3,(H,24,28). The van der Waals surface area contributed by atoms with Gasteiger partial charge in [0.1, 0.15) is 0 Å². The Kier molecular flexibility index (Phi) is 4.50. The zero-order valence-electron chi connectivity index (χ0n) is 16.6. The van der Waals surface area contributed by atoms with Crippen LogP contribution in [-0.4, -0.2) is 28.3 Å². The Morgan fingerprint density at radius 3 is 2.73 bits per heavy atom. The fourth-order valence-corrected chi connectivity index (χ4v) is 4.01. The highest BCUT2D eigenvalue weighted by molar-refractivity contribution is 5.99. The van der Waals surface area contributed by atoms with Gasteiger partial charge in [-0.15, -0.1) is 0 Å². The number of aryl methyl sites for hydroxylation is 1. The van der Waals surface area contributed by atoms with E-state index in [0.717, 1.165) is 46.8 Å². The van der Waals surface area contributed by atoms with Crippen LogP contribution < -0.4 is 14.8 Å². The first kappa shape index (κ1) is 18.4. The molecule has 3 aromatic rings. The van der Waals surface area contributed by atoms with E-state index in [1.807, 2.05) is 41.9 Å². The van der Waals surface area contributed by atoms with Crippen LogP contribution in [0.25, 0.3) is 5.69 Å². The first-order valence-corrected chi connectivity index (χ1v) is 9.99. The van der Waals surface area contributed by atoms with Crippen molar-refractivity contribution >= 4 is 11.7 Å². The summed E-state index contributed by atoms with van der Waals surface area (Å²) in [5, 5.41) is 7.49. The minimum Gasteiger partial charge on any atom is -0.454 e. The van der Waals surface area contributed by atoms with E-state index in [1.165, 1.54) is 0 Å². The van der Waals surface area contributed by atoms with Gasteiger partial charge in [-0.25, -0.2) is 4.68 Å². The average Bonchev–Trinajstić information content (AvgIpc) is 3.37. The maximum Gasteiger partial charge on any atom is 0.251 e. The average molecular weight is 403 g/mol. The third-order valence-electron chi connectivity index (χ3n) is 5.52. The van der Waals surface area contributed by atoms with Crippen molar-refractivity contribution in [1.29, 1.82) is 0 Å². The fourth-order valence-electron chi connectivity index (χ4n) is 4.01. The Balaban J connectivity index is 1.30. The number of aromatic nitrogens is 2. The molecule has 2 heterocycles. The number of benzene rings is 2. The number of hydrogen-bond donors (Lipinski definition) is 1. The molecular formula is C23H21N3O4. The van der Waals surface area contributed by atoms with Gasteiger partial charge in [0.05, 0.1) is 22.6 Å². The molecule has 1 amide bonds. The number of Topliss-reactive ketones (excluding diaryl/α,β-unsaturated/α-hetero) is 1. The second-order valence-electron chi connectivity index (χ2n) is 7.51. The molecule has 0 spiro atoms. The molecule has 0 unspecified atom stereocenters. The number of carbonyl (C=O) groups is 2. The minimum atomic E-state index is -0.159. The summed E-state index contributed by atoms with van der Waals surface area (Å²) in [5.74, 6) is 1.42. The first-order valence-electron chi connectivity index (χ1n) is 9.99. The summed E-state index contributed by atoms with van der Waals surface area (Å²) in [6.07, 6.45) is 2.26. The van der Waals surface area contributed by atoms with Crippen LogP contribution in [0.5, 0.6) is 11.5 Å². The van der Waals surface area contributed by atoms with Gasteiger partial charge in [-0.05, 0) is 61.7 Å². The van der Waals surface area contributed by atoms with Crippen molar-refractivity contribution in [1.82, 2.24) is 15.1 Å². The molecule has 1 aliphatic carbocycles. The van der Waals surface area contributed by atoms with Crippen LogP contribution in [0.3, 0.4) is 0 Å². The molecule has 5 rings (SSSR count). The Labute approximate surface area is 173 Å². The van der Waals surface area contributed by atoms with Crippen molar-refractivity contribution in [2.45, 2.75) is 32.7 Å². The second-order valence-corrected chi connectivity index (χ2v) is 7.51. The molecule has 1 aliphatic heterocycles. The number of rotatable bonds is 4. The quantitative estimate of drug-likeness (QED) is 0.722. The predicted molar refractivity (Wildman–Crippen MR) is 109 cm³/mol. The monoisotopic (exact) mass is 403 g/mol. The van der Waals surface area contributed by atoms with E-state index in [0.29, 0.717) is 24.3 Å². The van der Waals surface area contributed by atoms with Gasteiger partial charge in [-0.3, -0.25) is 9.59 Å². The van der Waals surface area contributed by atoms with Gasteiger partial charge in [-0.1, -0.05) is 6.07 Å². The fraction of sp³-hybridized carbons (Fsp3) is 0.261. The van der Waals surface area contributed by atoms with Gasteiger partial charge in [0.25, 0.3) is 5.91 Å². The number of fused-ring (bicyclic) bond motifs is 2. The number of hydrogen-bond acceptors (Lipinski definition) is 5. The smallest absolute Gasteiger partial charge is 0.251 e. The number of ether oxygens (including phenoxy) is 2. The van der Waals surface area contributed by atoms with E-state index >= 15 is 0 Å². The second kappa shape index (κ2) is 7.33. The summed E-state index contributed by atoms with van der Waals surface area (Å²) in [5.41, 5.74) is 4.83. The SMILES string of the molecule is Cc1nn(-c2ccc(C(=O)NCc3ccc4c(c3)OCO4)cc2)c2c1C(=O)CCC2. The van der Waals surface area contributed by atoms with Gasteiger partial charge in [0, 0.05) is 18.5 Å². The summed E-state index contributed by atoms with van der Waals surface area (Å²) in [4.78, 5) is 24.8. The number of nitrogens with one attached hydrogen (secondary N) is 1. The molecule has 0 saturated carbocycles. The summed E-state index contributed by atoms with van der Waals surface area (Å²) in [7, 11) is 0. The normalized spacial score (nSPS) is 14.5. The lowest BCUT2D eigenvalue weighted by Gasteiger charge is -2.13. The minimum absolute atomic E-state index is 0.159. The molecule has 7 nitrogen and oxygen atoms in total. The van der Waals surface area contributed by atoms with Crippen molar-refractivity contribution < 1.29 is 19.1 Å². The number of nitrogens with zero attached hydrogens (tertiary/aromatic N) is 2. The van der Waals surface area contributed by atoms with E-state index in [9.17, 15) is 9.59 Å². The molecule has 1 N–H and O–H groups in total. The van der Waals surface area contributed by atoms with Gasteiger partial charge in [0.2, 0.25) is 6.79 Å². The van der Waals surface area contributed by atoms with Crippen molar-refractivity contribution in [2.24, 2.45) is 0 Å². The lowest BCUT2D eigenvalue weighted by Crippen LogP contribution is -2.22. The van der Waals surface area contributed by atoms with Gasteiger partial charge in [-0.2, -0.15) is 5.10 Å². The summed E-state index contributed by atoms with van der Waals surface area (Å²) in [6.45, 7) is 2.49. The highest BCUT2D eigenvalue weighted by Crippen LogP contribution is 2.32. The topological polar surface area (TPSA) is 82.5 Å². The molecule has 0 bridgehead atoms. The van der Waals surface area contributed by atoms with Crippen LogP contribution >= 0.6 is 0 Å². The first-order chi connectivity index (χ1) is 14.6. The van der Waals surface area contributed by atoms with Crippen LogP contribution in [0.4, 0.5) is 0 Å². The molecule has 0 radical (unpaired) electrons. The largest absolute Gasteiger partial charge is 0.454 e. The van der Waals surface area contributed by atoms with Crippen LogP contribution in [0.1, 0.15) is 50.5 Å². The molecule has 30 heavy (non-hydrogen) atoms. The number of ketones is 1. The summed E-state index contributed by atoms with van der Waals surface area (Å²) < 4.78 is 12.5.